The van der Waals surface area contributed by atoms with Gasteiger partial charge in [-0.3, -0.25) is 24.1 Å². The number of anilines is 1. The molecule has 0 bridgehead atoms. The van der Waals surface area contributed by atoms with Gasteiger partial charge in [0.2, 0.25) is 17.7 Å². The number of esters is 1. The Kier molecular flexibility index (Phi) is 5.48. The summed E-state index contributed by atoms with van der Waals surface area (Å²) < 4.78 is 5.22. The highest BCUT2D eigenvalue weighted by molar-refractivity contribution is 6.24. The van der Waals surface area contributed by atoms with Crippen LogP contribution in [-0.4, -0.2) is 53.8 Å². The van der Waals surface area contributed by atoms with Gasteiger partial charge in [0.25, 0.3) is 0 Å². The maximum Gasteiger partial charge on any atom is 0.308 e. The normalized spacial score (nSPS) is 28.5. The number of nitrogens with one attached hydrogen (secondary N) is 1. The van der Waals surface area contributed by atoms with E-state index < -0.39 is 41.2 Å². The lowest BCUT2D eigenvalue weighted by molar-refractivity contribution is -0.156. The molecular formula is C26H27N3O5. The number of aryl methyl sites for hydroxylation is 1. The van der Waals surface area contributed by atoms with Gasteiger partial charge in [-0.15, -0.1) is 0 Å². The van der Waals surface area contributed by atoms with E-state index in [1.54, 1.807) is 19.1 Å². The number of piperazine rings is 1. The maximum absolute atomic E-state index is 14.0. The predicted molar refractivity (Wildman–Crippen MR) is 124 cm³/mol. The van der Waals surface area contributed by atoms with Gasteiger partial charge in [-0.05, 0) is 31.5 Å². The number of fused-ring (bicyclic) bond motifs is 3. The summed E-state index contributed by atoms with van der Waals surface area (Å²) >= 11 is 0. The highest BCUT2D eigenvalue weighted by Gasteiger charge is 2.73. The lowest BCUT2D eigenvalue weighted by Gasteiger charge is -2.45. The van der Waals surface area contributed by atoms with Gasteiger partial charge in [0.1, 0.15) is 5.54 Å². The molecule has 4 atom stereocenters. The Morgan fingerprint density at radius 1 is 1.06 bits per heavy atom. The van der Waals surface area contributed by atoms with E-state index in [1.165, 1.54) is 4.90 Å². The fourth-order valence-corrected chi connectivity index (χ4v) is 5.90. The molecule has 3 saturated heterocycles. The van der Waals surface area contributed by atoms with Crippen molar-refractivity contribution in [2.45, 2.75) is 31.8 Å². The van der Waals surface area contributed by atoms with Crippen LogP contribution in [0.2, 0.25) is 0 Å². The van der Waals surface area contributed by atoms with Crippen LogP contribution in [0, 0.1) is 18.8 Å². The molecule has 5 rings (SSSR count). The van der Waals surface area contributed by atoms with Crippen LogP contribution in [0.4, 0.5) is 5.69 Å². The van der Waals surface area contributed by atoms with Crippen molar-refractivity contribution in [3.63, 3.8) is 0 Å². The average molecular weight is 462 g/mol. The molecule has 34 heavy (non-hydrogen) atoms. The third kappa shape index (κ3) is 3.16. The van der Waals surface area contributed by atoms with Crippen LogP contribution in [0.1, 0.15) is 30.5 Å². The summed E-state index contributed by atoms with van der Waals surface area (Å²) in [4.78, 5) is 57.3. The van der Waals surface area contributed by atoms with Crippen molar-refractivity contribution in [2.24, 2.45) is 11.8 Å². The zero-order valence-corrected chi connectivity index (χ0v) is 19.2. The smallest absolute Gasteiger partial charge is 0.308 e. The van der Waals surface area contributed by atoms with Crippen LogP contribution in [0.15, 0.2) is 54.6 Å². The van der Waals surface area contributed by atoms with Gasteiger partial charge in [-0.1, -0.05) is 48.0 Å². The molecule has 0 unspecified atom stereocenters. The van der Waals surface area contributed by atoms with E-state index in [9.17, 15) is 19.2 Å². The third-order valence-electron chi connectivity index (χ3n) is 7.24. The Bertz CT molecular complexity index is 1150. The van der Waals surface area contributed by atoms with E-state index in [0.29, 0.717) is 18.8 Å². The topological polar surface area (TPSA) is 96.0 Å². The first-order chi connectivity index (χ1) is 16.4. The number of imide groups is 1. The summed E-state index contributed by atoms with van der Waals surface area (Å²) in [5, 5.41) is 2.85. The van der Waals surface area contributed by atoms with Crippen molar-refractivity contribution in [1.29, 1.82) is 0 Å². The van der Waals surface area contributed by atoms with E-state index in [2.05, 4.69) is 5.32 Å². The van der Waals surface area contributed by atoms with Crippen molar-refractivity contribution >= 4 is 29.4 Å². The first kappa shape index (κ1) is 22.3. The summed E-state index contributed by atoms with van der Waals surface area (Å²) in [6.45, 7) is 4.58. The number of nitrogens with zero attached hydrogens (tertiary/aromatic N) is 2. The van der Waals surface area contributed by atoms with Crippen LogP contribution in [0.3, 0.4) is 0 Å². The van der Waals surface area contributed by atoms with Crippen molar-refractivity contribution < 1.29 is 23.9 Å². The Balaban J connectivity index is 1.68. The number of benzene rings is 2. The fraction of sp³-hybridized carbons (Fsp3) is 0.385. The van der Waals surface area contributed by atoms with Gasteiger partial charge < -0.3 is 10.1 Å². The first-order valence-corrected chi connectivity index (χ1v) is 11.6. The lowest BCUT2D eigenvalue weighted by Crippen LogP contribution is -2.67. The Morgan fingerprint density at radius 2 is 1.76 bits per heavy atom. The van der Waals surface area contributed by atoms with Gasteiger partial charge in [0, 0.05) is 19.1 Å². The number of ether oxygens (including phenoxy) is 1. The van der Waals surface area contributed by atoms with E-state index in [-0.39, 0.29) is 18.9 Å². The summed E-state index contributed by atoms with van der Waals surface area (Å²) in [5.74, 6) is -3.58. The molecule has 0 aliphatic carbocycles. The molecule has 176 valence electrons. The molecule has 3 amide bonds. The standard InChI is InChI=1S/C26H27N3O5/c1-3-34-19(30)15-26-21-20(23(31)29(24(21)32)18-11-9-16(2)10-12-18)22(17-7-5-4-6-8-17)28(26)14-13-27-25(26)33/h4-12,20-22H,3,13-15H2,1-2H3,(H,27,33)/t20-,21+,22-,26-/m0/s1. The van der Waals surface area contributed by atoms with Gasteiger partial charge >= 0.3 is 5.97 Å². The van der Waals surface area contributed by atoms with Crippen LogP contribution < -0.4 is 10.2 Å². The van der Waals surface area contributed by atoms with E-state index in [1.807, 2.05) is 54.3 Å². The third-order valence-corrected chi connectivity index (χ3v) is 7.24. The predicted octanol–water partition coefficient (Wildman–Crippen LogP) is 1.98. The molecule has 8 nitrogen and oxygen atoms in total. The lowest BCUT2D eigenvalue weighted by atomic mass is 9.76. The van der Waals surface area contributed by atoms with Crippen molar-refractivity contribution in [3.8, 4) is 0 Å². The summed E-state index contributed by atoms with van der Waals surface area (Å²) in [5.41, 5.74) is 0.810. The molecule has 8 heteroatoms. The van der Waals surface area contributed by atoms with Crippen LogP contribution in [0.5, 0.6) is 0 Å². The number of carbonyl (C=O) groups is 4. The van der Waals surface area contributed by atoms with E-state index in [4.69, 9.17) is 4.74 Å². The van der Waals surface area contributed by atoms with Gasteiger partial charge in [-0.25, -0.2) is 4.90 Å². The second-order valence-electron chi connectivity index (χ2n) is 9.06. The minimum atomic E-state index is -1.50. The van der Waals surface area contributed by atoms with E-state index in [0.717, 1.165) is 11.1 Å². The average Bonchev–Trinajstić information content (AvgIpc) is 3.26. The van der Waals surface area contributed by atoms with Crippen molar-refractivity contribution in [3.05, 3.63) is 65.7 Å². The number of rotatable bonds is 5. The van der Waals surface area contributed by atoms with Crippen LogP contribution >= 0.6 is 0 Å². The molecule has 0 saturated carbocycles. The van der Waals surface area contributed by atoms with E-state index >= 15 is 0 Å². The summed E-state index contributed by atoms with van der Waals surface area (Å²) in [7, 11) is 0. The van der Waals surface area contributed by atoms with Crippen molar-refractivity contribution in [2.75, 3.05) is 24.6 Å². The molecule has 3 aliphatic rings. The minimum absolute atomic E-state index is 0.162. The number of hydrogen-bond acceptors (Lipinski definition) is 6. The van der Waals surface area contributed by atoms with Crippen LogP contribution in [-0.2, 0) is 23.9 Å². The quantitative estimate of drug-likeness (QED) is 0.540. The highest BCUT2D eigenvalue weighted by Crippen LogP contribution is 2.57. The second-order valence-corrected chi connectivity index (χ2v) is 9.06. The Morgan fingerprint density at radius 3 is 2.44 bits per heavy atom. The molecule has 0 spiro atoms. The molecule has 2 aromatic carbocycles. The van der Waals surface area contributed by atoms with Crippen LogP contribution in [0.25, 0.3) is 0 Å². The molecule has 3 aliphatic heterocycles. The fourth-order valence-electron chi connectivity index (χ4n) is 5.90. The van der Waals surface area contributed by atoms with Crippen molar-refractivity contribution in [1.82, 2.24) is 10.2 Å². The zero-order valence-electron chi connectivity index (χ0n) is 19.2. The number of carbonyl (C=O) groups excluding carboxylic acids is 4. The molecule has 3 heterocycles. The molecule has 1 N–H and O–H groups in total. The number of hydrogen-bond donors (Lipinski definition) is 1. The molecule has 0 aromatic heterocycles. The zero-order chi connectivity index (χ0) is 24.0. The molecular weight excluding hydrogens is 434 g/mol. The van der Waals surface area contributed by atoms with Gasteiger partial charge in [-0.2, -0.15) is 0 Å². The molecule has 2 aromatic rings. The summed E-state index contributed by atoms with van der Waals surface area (Å²) in [6, 6.07) is 16.1. The first-order valence-electron chi connectivity index (χ1n) is 11.6. The summed E-state index contributed by atoms with van der Waals surface area (Å²) in [6.07, 6.45) is -0.294. The molecule has 3 fully saturated rings. The van der Waals surface area contributed by atoms with Gasteiger partial charge in [0.15, 0.2) is 0 Å². The van der Waals surface area contributed by atoms with Gasteiger partial charge in [0.05, 0.1) is 30.6 Å². The second kappa shape index (κ2) is 8.36. The Hall–Kier alpha value is -3.52. The largest absolute Gasteiger partial charge is 0.466 e. The SMILES string of the molecule is CCOC(=O)C[C@]12C(=O)NCCN1[C@@H](c1ccccc1)[C@H]1C(=O)N(c3ccc(C)cc3)C(=O)[C@@H]12. The maximum atomic E-state index is 14.0. The minimum Gasteiger partial charge on any atom is -0.466 e. The highest BCUT2D eigenvalue weighted by atomic mass is 16.5. The number of amides is 3. The Labute approximate surface area is 197 Å². The monoisotopic (exact) mass is 461 g/mol. The molecule has 0 radical (unpaired) electrons.